The van der Waals surface area contributed by atoms with E-state index in [1.54, 1.807) is 0 Å². The molecule has 2 aromatic carbocycles. The SMILES string of the molecule is O=C(Nc1ccc(C(F)(F)F)cc1)c1cccc(S(=O)(=O)NCC2CCCN(CC3CCCCC3)C2)c1. The van der Waals surface area contributed by atoms with Crippen LogP contribution in [0.3, 0.4) is 0 Å². The molecule has 1 aliphatic carbocycles. The molecule has 4 rings (SSSR count). The molecule has 1 saturated heterocycles. The van der Waals surface area contributed by atoms with Crippen molar-refractivity contribution in [2.45, 2.75) is 56.0 Å². The molecule has 1 saturated carbocycles. The molecule has 2 N–H and O–H groups in total. The molecule has 10 heteroatoms. The largest absolute Gasteiger partial charge is 0.416 e. The lowest BCUT2D eigenvalue weighted by Gasteiger charge is -2.36. The highest BCUT2D eigenvalue weighted by Crippen LogP contribution is 2.30. The Morgan fingerprint density at radius 2 is 1.65 bits per heavy atom. The van der Waals surface area contributed by atoms with E-state index < -0.39 is 27.7 Å². The number of amides is 1. The van der Waals surface area contributed by atoms with E-state index in [2.05, 4.69) is 14.9 Å². The standard InChI is InChI=1S/C27H34F3N3O3S/c28-27(29,30)23-11-13-24(14-12-23)32-26(34)22-9-4-10-25(16-22)37(35,36)31-17-21-8-5-15-33(19-21)18-20-6-2-1-3-7-20/h4,9-14,16,20-21,31H,1-3,5-8,15,17-19H2,(H,32,34). The van der Waals surface area contributed by atoms with Crippen LogP contribution in [-0.2, 0) is 16.2 Å². The number of carbonyl (C=O) groups is 1. The molecule has 0 spiro atoms. The number of carbonyl (C=O) groups excluding carboxylic acids is 1. The van der Waals surface area contributed by atoms with Crippen molar-refractivity contribution in [2.75, 3.05) is 31.5 Å². The molecule has 202 valence electrons. The lowest BCUT2D eigenvalue weighted by Crippen LogP contribution is -2.42. The lowest BCUT2D eigenvalue weighted by atomic mass is 9.88. The van der Waals surface area contributed by atoms with Crippen LogP contribution in [0.4, 0.5) is 18.9 Å². The molecule has 2 aromatic rings. The van der Waals surface area contributed by atoms with E-state index in [4.69, 9.17) is 0 Å². The number of sulfonamides is 1. The van der Waals surface area contributed by atoms with Gasteiger partial charge in [-0.1, -0.05) is 25.3 Å². The Balaban J connectivity index is 1.33. The molecule has 37 heavy (non-hydrogen) atoms. The number of benzene rings is 2. The number of likely N-dealkylation sites (tertiary alicyclic amines) is 1. The van der Waals surface area contributed by atoms with Crippen LogP contribution in [0.1, 0.15) is 60.9 Å². The molecule has 0 bridgehead atoms. The number of hydrogen-bond acceptors (Lipinski definition) is 4. The molecule has 2 aliphatic rings. The summed E-state index contributed by atoms with van der Waals surface area (Å²) >= 11 is 0. The number of nitrogens with one attached hydrogen (secondary N) is 2. The summed E-state index contributed by atoms with van der Waals surface area (Å²) in [5, 5.41) is 2.51. The van der Waals surface area contributed by atoms with Gasteiger partial charge in [0.05, 0.1) is 10.5 Å². The summed E-state index contributed by atoms with van der Waals surface area (Å²) in [6, 6.07) is 9.70. The topological polar surface area (TPSA) is 78.5 Å². The average molecular weight is 538 g/mol. The summed E-state index contributed by atoms with van der Waals surface area (Å²) in [4.78, 5) is 15.1. The lowest BCUT2D eigenvalue weighted by molar-refractivity contribution is -0.137. The fraction of sp³-hybridized carbons (Fsp3) is 0.519. The van der Waals surface area contributed by atoms with Crippen molar-refractivity contribution in [3.8, 4) is 0 Å². The first-order chi connectivity index (χ1) is 17.6. The van der Waals surface area contributed by atoms with Crippen molar-refractivity contribution < 1.29 is 26.4 Å². The minimum Gasteiger partial charge on any atom is -0.322 e. The van der Waals surface area contributed by atoms with Gasteiger partial charge in [-0.2, -0.15) is 13.2 Å². The van der Waals surface area contributed by atoms with Crippen LogP contribution in [0, 0.1) is 11.8 Å². The summed E-state index contributed by atoms with van der Waals surface area (Å²) in [7, 11) is -3.83. The number of piperidine rings is 1. The molecule has 1 aliphatic heterocycles. The molecule has 1 unspecified atom stereocenters. The van der Waals surface area contributed by atoms with Crippen LogP contribution in [0.25, 0.3) is 0 Å². The van der Waals surface area contributed by atoms with E-state index in [0.717, 1.165) is 62.7 Å². The summed E-state index contributed by atoms with van der Waals surface area (Å²) in [6.45, 7) is 3.38. The number of alkyl halides is 3. The van der Waals surface area contributed by atoms with Crippen molar-refractivity contribution >= 4 is 21.6 Å². The number of hydrogen-bond donors (Lipinski definition) is 2. The maximum atomic E-state index is 13.0. The fourth-order valence-corrected chi connectivity index (χ4v) is 6.44. The van der Waals surface area contributed by atoms with Gasteiger partial charge in [-0.3, -0.25) is 4.79 Å². The molecule has 1 atom stereocenters. The fourth-order valence-electron chi connectivity index (χ4n) is 5.28. The summed E-state index contributed by atoms with van der Waals surface area (Å²) in [5.74, 6) is 0.376. The van der Waals surface area contributed by atoms with Crippen LogP contribution in [0.2, 0.25) is 0 Å². The maximum absolute atomic E-state index is 13.0. The molecule has 0 radical (unpaired) electrons. The zero-order chi connectivity index (χ0) is 26.5. The highest BCUT2D eigenvalue weighted by Gasteiger charge is 2.30. The molecule has 1 heterocycles. The Labute approximate surface area is 216 Å². The van der Waals surface area contributed by atoms with E-state index in [1.165, 1.54) is 56.4 Å². The van der Waals surface area contributed by atoms with E-state index in [9.17, 15) is 26.4 Å². The zero-order valence-corrected chi connectivity index (χ0v) is 21.6. The Kier molecular flexibility index (Phi) is 8.92. The number of anilines is 1. The van der Waals surface area contributed by atoms with Gasteiger partial charge >= 0.3 is 6.18 Å². The number of rotatable bonds is 8. The Morgan fingerprint density at radius 1 is 0.946 bits per heavy atom. The number of halogens is 3. The first-order valence-electron chi connectivity index (χ1n) is 12.9. The predicted molar refractivity (Wildman–Crippen MR) is 137 cm³/mol. The molecular weight excluding hydrogens is 503 g/mol. The maximum Gasteiger partial charge on any atom is 0.416 e. The Morgan fingerprint density at radius 3 is 2.35 bits per heavy atom. The minimum absolute atomic E-state index is 0.0255. The van der Waals surface area contributed by atoms with Gasteiger partial charge in [0.15, 0.2) is 0 Å². The van der Waals surface area contributed by atoms with Gasteiger partial charge in [0.25, 0.3) is 5.91 Å². The molecule has 1 amide bonds. The van der Waals surface area contributed by atoms with Crippen LogP contribution < -0.4 is 10.0 Å². The van der Waals surface area contributed by atoms with Crippen molar-refractivity contribution in [1.29, 1.82) is 0 Å². The van der Waals surface area contributed by atoms with Gasteiger partial charge in [0.1, 0.15) is 0 Å². The van der Waals surface area contributed by atoms with Crippen LogP contribution in [0.15, 0.2) is 53.4 Å². The number of nitrogens with zero attached hydrogens (tertiary/aromatic N) is 1. The first-order valence-corrected chi connectivity index (χ1v) is 14.4. The normalized spacial score (nSPS) is 20.0. The third-order valence-corrected chi connectivity index (χ3v) is 8.70. The van der Waals surface area contributed by atoms with Crippen molar-refractivity contribution in [2.24, 2.45) is 11.8 Å². The molecule has 2 fully saturated rings. The summed E-state index contributed by atoms with van der Waals surface area (Å²) < 4.78 is 66.9. The second-order valence-electron chi connectivity index (χ2n) is 10.2. The second kappa shape index (κ2) is 12.0. The zero-order valence-electron chi connectivity index (χ0n) is 20.8. The third-order valence-electron chi connectivity index (χ3n) is 7.28. The smallest absolute Gasteiger partial charge is 0.322 e. The highest BCUT2D eigenvalue weighted by atomic mass is 32.2. The molecule has 6 nitrogen and oxygen atoms in total. The van der Waals surface area contributed by atoms with Gasteiger partial charge in [-0.15, -0.1) is 0 Å². The van der Waals surface area contributed by atoms with Gasteiger partial charge in [0, 0.05) is 30.9 Å². The second-order valence-corrected chi connectivity index (χ2v) is 11.9. The first kappa shape index (κ1) is 27.6. The van der Waals surface area contributed by atoms with Crippen molar-refractivity contribution in [3.05, 3.63) is 59.7 Å². The van der Waals surface area contributed by atoms with Gasteiger partial charge in [-0.05, 0) is 86.5 Å². The van der Waals surface area contributed by atoms with Crippen LogP contribution >= 0.6 is 0 Å². The minimum atomic E-state index is -4.47. The quantitative estimate of drug-likeness (QED) is 0.464. The summed E-state index contributed by atoms with van der Waals surface area (Å²) in [6.07, 6.45) is 4.08. The third kappa shape index (κ3) is 7.78. The van der Waals surface area contributed by atoms with Crippen molar-refractivity contribution in [3.63, 3.8) is 0 Å². The average Bonchev–Trinajstić information content (AvgIpc) is 2.88. The van der Waals surface area contributed by atoms with Gasteiger partial charge in [0.2, 0.25) is 10.0 Å². The monoisotopic (exact) mass is 537 g/mol. The van der Waals surface area contributed by atoms with Gasteiger partial charge < -0.3 is 10.2 Å². The van der Waals surface area contributed by atoms with Crippen LogP contribution in [0.5, 0.6) is 0 Å². The van der Waals surface area contributed by atoms with Crippen LogP contribution in [-0.4, -0.2) is 45.4 Å². The van der Waals surface area contributed by atoms with Crippen molar-refractivity contribution in [1.82, 2.24) is 9.62 Å². The van der Waals surface area contributed by atoms with E-state index >= 15 is 0 Å². The predicted octanol–water partition coefficient (Wildman–Crippen LogP) is 5.53. The van der Waals surface area contributed by atoms with E-state index in [-0.39, 0.29) is 22.1 Å². The van der Waals surface area contributed by atoms with E-state index in [1.807, 2.05) is 0 Å². The van der Waals surface area contributed by atoms with Gasteiger partial charge in [-0.25, -0.2) is 13.1 Å². The molecular formula is C27H34F3N3O3S. The Bertz CT molecular complexity index is 1160. The van der Waals surface area contributed by atoms with E-state index in [0.29, 0.717) is 6.54 Å². The summed E-state index contributed by atoms with van der Waals surface area (Å²) in [5.41, 5.74) is -0.543. The molecule has 0 aromatic heterocycles. The highest BCUT2D eigenvalue weighted by molar-refractivity contribution is 7.89. The Hall–Kier alpha value is -2.43.